The SMILES string of the molecule is CCOC(=O)C1=C(F)CC(N2CCOCC2)C=N1. The van der Waals surface area contributed by atoms with Gasteiger partial charge in [-0.1, -0.05) is 0 Å². The zero-order valence-electron chi connectivity index (χ0n) is 10.4. The Bertz CT molecular complexity index is 376. The number of rotatable bonds is 3. The Labute approximate surface area is 105 Å². The van der Waals surface area contributed by atoms with E-state index in [9.17, 15) is 9.18 Å². The van der Waals surface area contributed by atoms with Crippen molar-refractivity contribution in [2.45, 2.75) is 19.4 Å². The topological polar surface area (TPSA) is 51.1 Å². The number of morpholine rings is 1. The lowest BCUT2D eigenvalue weighted by molar-refractivity contribution is -0.138. The molecule has 0 saturated carbocycles. The van der Waals surface area contributed by atoms with Crippen LogP contribution in [0.4, 0.5) is 4.39 Å². The molecular weight excluding hydrogens is 239 g/mol. The summed E-state index contributed by atoms with van der Waals surface area (Å²) >= 11 is 0. The summed E-state index contributed by atoms with van der Waals surface area (Å²) in [5, 5.41) is 0. The summed E-state index contributed by atoms with van der Waals surface area (Å²) in [5.74, 6) is -1.18. The highest BCUT2D eigenvalue weighted by Crippen LogP contribution is 2.22. The van der Waals surface area contributed by atoms with Crippen LogP contribution in [-0.2, 0) is 14.3 Å². The highest BCUT2D eigenvalue weighted by Gasteiger charge is 2.27. The predicted molar refractivity (Wildman–Crippen MR) is 64.1 cm³/mol. The van der Waals surface area contributed by atoms with E-state index in [1.165, 1.54) is 0 Å². The van der Waals surface area contributed by atoms with E-state index < -0.39 is 11.8 Å². The molecule has 6 heteroatoms. The fraction of sp³-hybridized carbons (Fsp3) is 0.667. The number of nitrogens with zero attached hydrogens (tertiary/aromatic N) is 2. The first-order valence-corrected chi connectivity index (χ1v) is 6.14. The van der Waals surface area contributed by atoms with E-state index in [1.54, 1.807) is 13.1 Å². The Morgan fingerprint density at radius 1 is 1.61 bits per heavy atom. The smallest absolute Gasteiger partial charge is 0.359 e. The average molecular weight is 256 g/mol. The second-order valence-corrected chi connectivity index (χ2v) is 4.17. The molecule has 1 atom stereocenters. The van der Waals surface area contributed by atoms with E-state index in [2.05, 4.69) is 9.89 Å². The van der Waals surface area contributed by atoms with Gasteiger partial charge in [-0.15, -0.1) is 0 Å². The molecule has 1 unspecified atom stereocenters. The minimum absolute atomic E-state index is 0.0907. The molecule has 18 heavy (non-hydrogen) atoms. The van der Waals surface area contributed by atoms with Crippen molar-refractivity contribution >= 4 is 12.2 Å². The molecule has 0 N–H and O–H groups in total. The summed E-state index contributed by atoms with van der Waals surface area (Å²) in [6.07, 6.45) is 1.80. The van der Waals surface area contributed by atoms with Gasteiger partial charge in [-0.2, -0.15) is 0 Å². The molecule has 0 aromatic carbocycles. The van der Waals surface area contributed by atoms with Crippen molar-refractivity contribution in [2.75, 3.05) is 32.9 Å². The van der Waals surface area contributed by atoms with Gasteiger partial charge in [0.25, 0.3) is 0 Å². The molecule has 0 aliphatic carbocycles. The molecule has 2 aliphatic rings. The van der Waals surface area contributed by atoms with E-state index in [4.69, 9.17) is 9.47 Å². The van der Waals surface area contributed by atoms with Crippen LogP contribution in [0.2, 0.25) is 0 Å². The van der Waals surface area contributed by atoms with E-state index in [0.717, 1.165) is 13.1 Å². The van der Waals surface area contributed by atoms with Crippen LogP contribution in [0.3, 0.4) is 0 Å². The van der Waals surface area contributed by atoms with Crippen LogP contribution in [0.15, 0.2) is 16.5 Å². The number of hydrogen-bond acceptors (Lipinski definition) is 5. The Morgan fingerprint density at radius 2 is 2.33 bits per heavy atom. The molecule has 0 radical (unpaired) electrons. The van der Waals surface area contributed by atoms with Gasteiger partial charge in [-0.05, 0) is 6.92 Å². The number of esters is 1. The Hall–Kier alpha value is -1.27. The normalized spacial score (nSPS) is 25.3. The van der Waals surface area contributed by atoms with Crippen molar-refractivity contribution in [3.63, 3.8) is 0 Å². The Kier molecular flexibility index (Phi) is 4.43. The van der Waals surface area contributed by atoms with Gasteiger partial charge in [0, 0.05) is 25.7 Å². The van der Waals surface area contributed by atoms with Crippen LogP contribution in [-0.4, -0.2) is 56.0 Å². The van der Waals surface area contributed by atoms with Crippen molar-refractivity contribution in [1.82, 2.24) is 4.90 Å². The fourth-order valence-electron chi connectivity index (χ4n) is 2.06. The maximum atomic E-state index is 13.8. The molecule has 2 heterocycles. The lowest BCUT2D eigenvalue weighted by Crippen LogP contribution is -2.45. The summed E-state index contributed by atoms with van der Waals surface area (Å²) in [6, 6.07) is -0.0907. The van der Waals surface area contributed by atoms with E-state index in [0.29, 0.717) is 13.2 Å². The molecule has 1 fully saturated rings. The van der Waals surface area contributed by atoms with E-state index >= 15 is 0 Å². The molecule has 5 nitrogen and oxygen atoms in total. The van der Waals surface area contributed by atoms with Crippen LogP contribution in [0.25, 0.3) is 0 Å². The summed E-state index contributed by atoms with van der Waals surface area (Å²) in [5.41, 5.74) is -0.193. The lowest BCUT2D eigenvalue weighted by Gasteiger charge is -2.33. The first kappa shape index (κ1) is 13.2. The number of carbonyl (C=O) groups is 1. The average Bonchev–Trinajstić information content (AvgIpc) is 2.40. The molecule has 100 valence electrons. The number of carbonyl (C=O) groups excluding carboxylic acids is 1. The van der Waals surface area contributed by atoms with Gasteiger partial charge in [0.15, 0.2) is 5.70 Å². The second kappa shape index (κ2) is 6.06. The molecular formula is C12H17FN2O3. The van der Waals surface area contributed by atoms with Crippen LogP contribution in [0.5, 0.6) is 0 Å². The molecule has 0 amide bonds. The van der Waals surface area contributed by atoms with Crippen molar-refractivity contribution < 1.29 is 18.7 Å². The van der Waals surface area contributed by atoms with Gasteiger partial charge < -0.3 is 9.47 Å². The first-order valence-electron chi connectivity index (χ1n) is 6.14. The number of hydrogen-bond donors (Lipinski definition) is 0. The van der Waals surface area contributed by atoms with Gasteiger partial charge in [0.2, 0.25) is 0 Å². The molecule has 0 spiro atoms. The van der Waals surface area contributed by atoms with E-state index in [1.807, 2.05) is 0 Å². The van der Waals surface area contributed by atoms with Gasteiger partial charge >= 0.3 is 5.97 Å². The van der Waals surface area contributed by atoms with Crippen LogP contribution in [0, 0.1) is 0 Å². The van der Waals surface area contributed by atoms with Crippen molar-refractivity contribution in [1.29, 1.82) is 0 Å². The first-order chi connectivity index (χ1) is 8.72. The van der Waals surface area contributed by atoms with Crippen LogP contribution < -0.4 is 0 Å². The van der Waals surface area contributed by atoms with E-state index in [-0.39, 0.29) is 24.8 Å². The second-order valence-electron chi connectivity index (χ2n) is 4.17. The molecule has 1 saturated heterocycles. The van der Waals surface area contributed by atoms with Gasteiger partial charge in [0.05, 0.1) is 25.9 Å². The molecule has 0 aromatic rings. The van der Waals surface area contributed by atoms with Crippen molar-refractivity contribution in [3.05, 3.63) is 11.5 Å². The standard InChI is InChI=1S/C12H17FN2O3/c1-2-18-12(16)11-10(13)7-9(8-14-11)15-3-5-17-6-4-15/h8-9H,2-7H2,1H3. The molecule has 0 aromatic heterocycles. The summed E-state index contributed by atoms with van der Waals surface area (Å²) < 4.78 is 23.8. The quantitative estimate of drug-likeness (QED) is 0.704. The zero-order valence-corrected chi connectivity index (χ0v) is 10.4. The fourth-order valence-corrected chi connectivity index (χ4v) is 2.06. The predicted octanol–water partition coefficient (Wildman–Crippen LogP) is 0.906. The highest BCUT2D eigenvalue weighted by atomic mass is 19.1. The minimum Gasteiger partial charge on any atom is -0.461 e. The molecule has 0 bridgehead atoms. The largest absolute Gasteiger partial charge is 0.461 e. The number of ether oxygens (including phenoxy) is 2. The monoisotopic (exact) mass is 256 g/mol. The van der Waals surface area contributed by atoms with Gasteiger partial charge in [-0.3, -0.25) is 4.90 Å². The van der Waals surface area contributed by atoms with Crippen LogP contribution in [0.1, 0.15) is 13.3 Å². The third-order valence-electron chi connectivity index (χ3n) is 3.00. The Morgan fingerprint density at radius 3 is 2.94 bits per heavy atom. The summed E-state index contributed by atoms with van der Waals surface area (Å²) in [7, 11) is 0. The maximum Gasteiger partial charge on any atom is 0.359 e. The van der Waals surface area contributed by atoms with Crippen LogP contribution >= 0.6 is 0 Å². The van der Waals surface area contributed by atoms with Crippen molar-refractivity contribution in [2.24, 2.45) is 4.99 Å². The minimum atomic E-state index is -0.688. The van der Waals surface area contributed by atoms with Crippen molar-refractivity contribution in [3.8, 4) is 0 Å². The number of halogens is 1. The lowest BCUT2D eigenvalue weighted by atomic mass is 10.1. The van der Waals surface area contributed by atoms with Gasteiger partial charge in [-0.25, -0.2) is 14.2 Å². The molecule has 2 rings (SSSR count). The third-order valence-corrected chi connectivity index (χ3v) is 3.00. The highest BCUT2D eigenvalue weighted by molar-refractivity contribution is 5.91. The van der Waals surface area contributed by atoms with Gasteiger partial charge in [0.1, 0.15) is 5.83 Å². The summed E-state index contributed by atoms with van der Waals surface area (Å²) in [4.78, 5) is 17.4. The maximum absolute atomic E-state index is 13.8. The molecule has 2 aliphatic heterocycles. The third kappa shape index (κ3) is 2.94. The number of aliphatic imine (C=N–C) groups is 1. The summed E-state index contributed by atoms with van der Waals surface area (Å²) in [6.45, 7) is 4.73. The zero-order chi connectivity index (χ0) is 13.0. The Balaban J connectivity index is 1.99.